The average Bonchev–Trinajstić information content (AvgIpc) is 2.26. The van der Waals surface area contributed by atoms with Gasteiger partial charge in [0.25, 0.3) is 0 Å². The third-order valence-electron chi connectivity index (χ3n) is 4.19. The Hall–Kier alpha value is -0.0900. The maximum absolute atomic E-state index is 11.5. The lowest BCUT2D eigenvalue weighted by Gasteiger charge is -2.40. The minimum atomic E-state index is -2.83. The lowest BCUT2D eigenvalue weighted by molar-refractivity contribution is 0.0967. The summed E-state index contributed by atoms with van der Waals surface area (Å²) in [6, 6.07) is 0.552. The smallest absolute Gasteiger partial charge is 0.151 e. The fourth-order valence-corrected chi connectivity index (χ4v) is 3.96. The maximum Gasteiger partial charge on any atom is 0.151 e. The van der Waals surface area contributed by atoms with E-state index in [-0.39, 0.29) is 5.75 Å². The molecule has 1 saturated carbocycles. The van der Waals surface area contributed by atoms with Gasteiger partial charge in [-0.15, -0.1) is 0 Å². The SMILES string of the molecule is CCS(=O)(=O)CCN(C)C1[C@@H](C)CCC[C@@H]1C. The van der Waals surface area contributed by atoms with Crippen molar-refractivity contribution in [3.05, 3.63) is 0 Å². The molecule has 0 N–H and O–H groups in total. The third kappa shape index (κ3) is 4.25. The average molecular weight is 261 g/mol. The second-order valence-corrected chi connectivity index (χ2v) is 8.07. The van der Waals surface area contributed by atoms with Gasteiger partial charge in [-0.25, -0.2) is 8.42 Å². The van der Waals surface area contributed by atoms with E-state index >= 15 is 0 Å². The topological polar surface area (TPSA) is 37.4 Å². The molecule has 0 spiro atoms. The van der Waals surface area contributed by atoms with Crippen LogP contribution in [0, 0.1) is 11.8 Å². The molecule has 0 aromatic heterocycles. The summed E-state index contributed by atoms with van der Waals surface area (Å²) in [4.78, 5) is 2.27. The Morgan fingerprint density at radius 2 is 1.71 bits per heavy atom. The molecule has 0 bridgehead atoms. The molecule has 0 radical (unpaired) electrons. The molecule has 1 fully saturated rings. The first-order valence-electron chi connectivity index (χ1n) is 6.78. The van der Waals surface area contributed by atoms with Crippen molar-refractivity contribution in [2.45, 2.75) is 46.1 Å². The van der Waals surface area contributed by atoms with Gasteiger partial charge in [0.2, 0.25) is 0 Å². The summed E-state index contributed by atoms with van der Waals surface area (Å²) < 4.78 is 23.0. The first kappa shape index (κ1) is 15.0. The standard InChI is InChI=1S/C13H27NO2S/c1-5-17(15,16)10-9-14(4)13-11(2)7-6-8-12(13)3/h11-13H,5-10H2,1-4H3/t11-,12-/m0/s1. The number of sulfone groups is 1. The van der Waals surface area contributed by atoms with Crippen LogP contribution in [0.25, 0.3) is 0 Å². The zero-order valence-corrected chi connectivity index (χ0v) is 12.5. The number of nitrogens with zero attached hydrogens (tertiary/aromatic N) is 1. The highest BCUT2D eigenvalue weighted by Gasteiger charge is 2.30. The van der Waals surface area contributed by atoms with Crippen molar-refractivity contribution in [3.63, 3.8) is 0 Å². The van der Waals surface area contributed by atoms with E-state index in [9.17, 15) is 8.42 Å². The van der Waals surface area contributed by atoms with Crippen molar-refractivity contribution >= 4 is 9.84 Å². The van der Waals surface area contributed by atoms with Crippen LogP contribution >= 0.6 is 0 Å². The molecule has 17 heavy (non-hydrogen) atoms. The van der Waals surface area contributed by atoms with Crippen LogP contribution in [0.4, 0.5) is 0 Å². The summed E-state index contributed by atoms with van der Waals surface area (Å²) in [5.74, 6) is 1.94. The van der Waals surface area contributed by atoms with Crippen molar-refractivity contribution in [2.24, 2.45) is 11.8 Å². The van der Waals surface area contributed by atoms with Crippen LogP contribution in [0.2, 0.25) is 0 Å². The van der Waals surface area contributed by atoms with E-state index in [0.29, 0.717) is 30.2 Å². The second kappa shape index (κ2) is 6.19. The maximum atomic E-state index is 11.5. The van der Waals surface area contributed by atoms with Gasteiger partial charge in [-0.2, -0.15) is 0 Å². The Balaban J connectivity index is 2.53. The fraction of sp³-hybridized carbons (Fsp3) is 1.00. The highest BCUT2D eigenvalue weighted by atomic mass is 32.2. The highest BCUT2D eigenvalue weighted by Crippen LogP contribution is 2.31. The highest BCUT2D eigenvalue weighted by molar-refractivity contribution is 7.91. The number of rotatable bonds is 5. The molecule has 0 aromatic rings. The van der Waals surface area contributed by atoms with Crippen molar-refractivity contribution in [1.82, 2.24) is 4.90 Å². The molecular weight excluding hydrogens is 234 g/mol. The monoisotopic (exact) mass is 261 g/mol. The van der Waals surface area contributed by atoms with Crippen molar-refractivity contribution in [3.8, 4) is 0 Å². The molecule has 0 saturated heterocycles. The Labute approximate surface area is 106 Å². The summed E-state index contributed by atoms with van der Waals surface area (Å²) in [6.45, 7) is 6.99. The largest absolute Gasteiger partial charge is 0.302 e. The molecule has 0 aromatic carbocycles. The van der Waals surface area contributed by atoms with Crippen LogP contribution in [0.3, 0.4) is 0 Å². The molecule has 3 nitrogen and oxygen atoms in total. The van der Waals surface area contributed by atoms with Gasteiger partial charge >= 0.3 is 0 Å². The first-order valence-corrected chi connectivity index (χ1v) is 8.60. The van der Waals surface area contributed by atoms with E-state index in [2.05, 4.69) is 25.8 Å². The Morgan fingerprint density at radius 1 is 1.18 bits per heavy atom. The van der Waals surface area contributed by atoms with Crippen LogP contribution < -0.4 is 0 Å². The molecule has 102 valence electrons. The third-order valence-corrected chi connectivity index (χ3v) is 5.87. The predicted octanol–water partition coefficient (Wildman–Crippen LogP) is 2.18. The molecule has 0 unspecified atom stereocenters. The normalized spacial score (nSPS) is 27.6. The van der Waals surface area contributed by atoms with Crippen LogP contribution in [-0.4, -0.2) is 44.5 Å². The van der Waals surface area contributed by atoms with Crippen molar-refractivity contribution in [1.29, 1.82) is 0 Å². The molecule has 4 heteroatoms. The Kier molecular flexibility index (Phi) is 5.45. The zero-order valence-electron chi connectivity index (χ0n) is 11.6. The van der Waals surface area contributed by atoms with Crippen molar-refractivity contribution < 1.29 is 8.42 Å². The van der Waals surface area contributed by atoms with Crippen LogP contribution in [-0.2, 0) is 9.84 Å². The van der Waals surface area contributed by atoms with Gasteiger partial charge in [0.15, 0.2) is 9.84 Å². The summed E-state index contributed by atoms with van der Waals surface area (Å²) in [6.07, 6.45) is 3.87. The summed E-state index contributed by atoms with van der Waals surface area (Å²) >= 11 is 0. The Morgan fingerprint density at radius 3 is 2.18 bits per heavy atom. The van der Waals surface area contributed by atoms with E-state index in [1.165, 1.54) is 19.3 Å². The molecule has 0 aliphatic heterocycles. The van der Waals surface area contributed by atoms with Gasteiger partial charge in [-0.1, -0.05) is 27.2 Å². The van der Waals surface area contributed by atoms with E-state index < -0.39 is 9.84 Å². The molecule has 1 aliphatic rings. The summed E-state index contributed by atoms with van der Waals surface area (Å²) in [5, 5.41) is 0. The molecule has 0 amide bonds. The van der Waals surface area contributed by atoms with E-state index in [1.807, 2.05) is 0 Å². The van der Waals surface area contributed by atoms with E-state index in [4.69, 9.17) is 0 Å². The minimum Gasteiger partial charge on any atom is -0.302 e. The van der Waals surface area contributed by atoms with Gasteiger partial charge in [0.1, 0.15) is 0 Å². The van der Waals surface area contributed by atoms with E-state index in [1.54, 1.807) is 6.92 Å². The molecule has 1 rings (SSSR count). The summed E-state index contributed by atoms with van der Waals surface area (Å²) in [5.41, 5.74) is 0. The Bertz CT molecular complexity index is 316. The molecule has 1 aliphatic carbocycles. The van der Waals surface area contributed by atoms with Gasteiger partial charge in [0.05, 0.1) is 5.75 Å². The van der Waals surface area contributed by atoms with Crippen LogP contribution in [0.5, 0.6) is 0 Å². The van der Waals surface area contributed by atoms with Crippen molar-refractivity contribution in [2.75, 3.05) is 25.1 Å². The van der Waals surface area contributed by atoms with Gasteiger partial charge < -0.3 is 4.90 Å². The fourth-order valence-electron chi connectivity index (χ4n) is 3.11. The second-order valence-electron chi connectivity index (χ2n) is 5.59. The summed E-state index contributed by atoms with van der Waals surface area (Å²) in [7, 11) is -0.752. The quantitative estimate of drug-likeness (QED) is 0.761. The number of hydrogen-bond acceptors (Lipinski definition) is 3. The zero-order chi connectivity index (χ0) is 13.1. The minimum absolute atomic E-state index is 0.261. The number of hydrogen-bond donors (Lipinski definition) is 0. The first-order chi connectivity index (χ1) is 7.87. The van der Waals surface area contributed by atoms with Gasteiger partial charge in [-0.3, -0.25) is 0 Å². The lowest BCUT2D eigenvalue weighted by Crippen LogP contribution is -2.45. The van der Waals surface area contributed by atoms with Gasteiger partial charge in [0, 0.05) is 18.3 Å². The predicted molar refractivity (Wildman–Crippen MR) is 72.9 cm³/mol. The molecular formula is C13H27NO2S. The lowest BCUT2D eigenvalue weighted by atomic mass is 9.78. The molecule has 2 atom stereocenters. The van der Waals surface area contributed by atoms with Crippen LogP contribution in [0.15, 0.2) is 0 Å². The van der Waals surface area contributed by atoms with Crippen LogP contribution in [0.1, 0.15) is 40.0 Å². The molecule has 0 heterocycles. The van der Waals surface area contributed by atoms with E-state index in [0.717, 1.165) is 0 Å². The van der Waals surface area contributed by atoms with Gasteiger partial charge in [-0.05, 0) is 31.7 Å².